The summed E-state index contributed by atoms with van der Waals surface area (Å²) in [7, 11) is 0. The van der Waals surface area contributed by atoms with E-state index in [1.54, 1.807) is 11.0 Å². The predicted molar refractivity (Wildman–Crippen MR) is 153 cm³/mol. The quantitative estimate of drug-likeness (QED) is 0.418. The molecule has 36 heavy (non-hydrogen) atoms. The Balaban J connectivity index is 0.000000982. The highest BCUT2D eigenvalue weighted by molar-refractivity contribution is 6.40. The number of rotatable bonds is 7. The molecule has 2 aliphatic rings. The van der Waals surface area contributed by atoms with Crippen LogP contribution in [0.5, 0.6) is 0 Å². The highest BCUT2D eigenvalue weighted by Crippen LogP contribution is 2.20. The Labute approximate surface area is 220 Å². The summed E-state index contributed by atoms with van der Waals surface area (Å²) in [4.78, 5) is 31.4. The number of nitrogens with one attached hydrogen (secondary N) is 1. The van der Waals surface area contributed by atoms with Crippen molar-refractivity contribution in [3.05, 3.63) is 55.6 Å². The van der Waals surface area contributed by atoms with Crippen LogP contribution in [-0.2, 0) is 9.59 Å². The molecule has 2 aliphatic heterocycles. The van der Waals surface area contributed by atoms with E-state index < -0.39 is 11.8 Å². The lowest BCUT2D eigenvalue weighted by Gasteiger charge is -2.36. The minimum absolute atomic E-state index is 0.325. The third kappa shape index (κ3) is 11.5. The first-order chi connectivity index (χ1) is 17.6. The summed E-state index contributed by atoms with van der Waals surface area (Å²) < 4.78 is 0. The van der Waals surface area contributed by atoms with Crippen molar-refractivity contribution in [3.63, 3.8) is 0 Å². The van der Waals surface area contributed by atoms with E-state index in [-0.39, 0.29) is 0 Å². The molecule has 6 nitrogen and oxygen atoms in total. The zero-order valence-electron chi connectivity index (χ0n) is 23.1. The molecule has 202 valence electrons. The molecule has 2 saturated heterocycles. The second-order valence-electron chi connectivity index (χ2n) is 9.06. The number of nitrogens with zero attached hydrogens (tertiary/aromatic N) is 3. The predicted octanol–water partition coefficient (Wildman–Crippen LogP) is 5.13. The maximum Gasteiger partial charge on any atom is 0.316 e. The van der Waals surface area contributed by atoms with Crippen molar-refractivity contribution in [1.82, 2.24) is 15.1 Å². The maximum absolute atomic E-state index is 12.9. The zero-order chi connectivity index (χ0) is 26.6. The molecule has 0 radical (unpaired) electrons. The smallest absolute Gasteiger partial charge is 0.316 e. The van der Waals surface area contributed by atoms with Gasteiger partial charge in [-0.25, -0.2) is 0 Å². The van der Waals surface area contributed by atoms with Gasteiger partial charge in [-0.05, 0) is 76.2 Å². The number of para-hydroxylation sites is 1. The number of benzene rings is 1. The Morgan fingerprint density at radius 3 is 2.11 bits per heavy atom. The van der Waals surface area contributed by atoms with Crippen LogP contribution in [0.1, 0.15) is 59.3 Å². The Kier molecular flexibility index (Phi) is 17.3. The van der Waals surface area contributed by atoms with E-state index >= 15 is 0 Å². The fourth-order valence-electron chi connectivity index (χ4n) is 4.42. The monoisotopic (exact) mass is 498 g/mol. The summed E-state index contributed by atoms with van der Waals surface area (Å²) in [6.45, 7) is 19.9. The van der Waals surface area contributed by atoms with Crippen LogP contribution in [0.4, 0.5) is 5.69 Å². The topological polar surface area (TPSA) is 55.9 Å². The number of hydrogen-bond donors (Lipinski definition) is 1. The van der Waals surface area contributed by atoms with Gasteiger partial charge in [-0.15, -0.1) is 13.2 Å². The Hall–Kier alpha value is -2.44. The van der Waals surface area contributed by atoms with Crippen LogP contribution in [-0.4, -0.2) is 74.0 Å². The van der Waals surface area contributed by atoms with Gasteiger partial charge in [0, 0.05) is 38.4 Å². The molecule has 0 bridgehead atoms. The van der Waals surface area contributed by atoms with Crippen molar-refractivity contribution >= 4 is 17.5 Å². The highest BCUT2D eigenvalue weighted by atomic mass is 16.2. The molecule has 1 N–H and O–H groups in total. The van der Waals surface area contributed by atoms with Gasteiger partial charge in [0.15, 0.2) is 0 Å². The van der Waals surface area contributed by atoms with Crippen molar-refractivity contribution < 1.29 is 9.59 Å². The fraction of sp³-hybridized carbons (Fsp3) is 0.600. The first-order valence-electron chi connectivity index (χ1n) is 13.9. The van der Waals surface area contributed by atoms with Crippen molar-refractivity contribution in [2.24, 2.45) is 5.92 Å². The molecule has 1 aromatic carbocycles. The average molecular weight is 499 g/mol. The standard InChI is InChI=1S/C24H36N4O2.C4H8.C2H6/c1-2-15-28(22-10-4-3-5-11-22)24(30)23(29)27-19-17-26(18-20-27)16-12-21-8-6-13-25-14-7-9-21;1-3-4-2;1-2/h2-5,10-11,21,25H,1,6-9,12-20H2;3H,1,4H2,2H3;1-2H3. The van der Waals surface area contributed by atoms with Gasteiger partial charge in [0.25, 0.3) is 0 Å². The van der Waals surface area contributed by atoms with Gasteiger partial charge in [0.05, 0.1) is 0 Å². The van der Waals surface area contributed by atoms with Gasteiger partial charge in [-0.3, -0.25) is 14.5 Å². The lowest BCUT2D eigenvalue weighted by atomic mass is 9.92. The van der Waals surface area contributed by atoms with Crippen molar-refractivity contribution in [2.45, 2.75) is 59.3 Å². The number of allylic oxidation sites excluding steroid dienone is 1. The highest BCUT2D eigenvalue weighted by Gasteiger charge is 2.30. The summed E-state index contributed by atoms with van der Waals surface area (Å²) in [6.07, 6.45) is 11.0. The number of carbonyl (C=O) groups excluding carboxylic acids is 2. The summed E-state index contributed by atoms with van der Waals surface area (Å²) in [5.74, 6) is -0.0581. The van der Waals surface area contributed by atoms with Crippen LogP contribution in [0.2, 0.25) is 0 Å². The van der Waals surface area contributed by atoms with Crippen LogP contribution in [0.15, 0.2) is 55.6 Å². The molecule has 2 amide bonds. The Morgan fingerprint density at radius 2 is 1.58 bits per heavy atom. The average Bonchev–Trinajstić information content (AvgIpc) is 2.92. The van der Waals surface area contributed by atoms with Crippen LogP contribution in [0, 0.1) is 5.92 Å². The van der Waals surface area contributed by atoms with Gasteiger partial charge < -0.3 is 15.1 Å². The lowest BCUT2D eigenvalue weighted by molar-refractivity contribution is -0.145. The van der Waals surface area contributed by atoms with E-state index in [0.29, 0.717) is 19.6 Å². The van der Waals surface area contributed by atoms with E-state index in [0.717, 1.165) is 50.7 Å². The number of piperazine rings is 1. The SMILES string of the molecule is C=CCC.C=CCN(C(=O)C(=O)N1CCN(CCC2CCCNCCC2)CC1)c1ccccc1.CC. The normalized spacial score (nSPS) is 16.7. The number of amides is 2. The van der Waals surface area contributed by atoms with Crippen molar-refractivity contribution in [3.8, 4) is 0 Å². The number of anilines is 1. The molecule has 2 heterocycles. The van der Waals surface area contributed by atoms with E-state index in [2.05, 4.69) is 30.3 Å². The van der Waals surface area contributed by atoms with E-state index in [4.69, 9.17) is 0 Å². The summed E-state index contributed by atoms with van der Waals surface area (Å²) in [6, 6.07) is 9.33. The second-order valence-corrected chi connectivity index (χ2v) is 9.06. The molecule has 6 heteroatoms. The van der Waals surface area contributed by atoms with E-state index in [1.165, 1.54) is 37.0 Å². The van der Waals surface area contributed by atoms with E-state index in [9.17, 15) is 9.59 Å². The largest absolute Gasteiger partial charge is 0.332 e. The van der Waals surface area contributed by atoms with Crippen LogP contribution in [0.25, 0.3) is 0 Å². The van der Waals surface area contributed by atoms with Gasteiger partial charge in [-0.1, -0.05) is 51.1 Å². The molecule has 0 aliphatic carbocycles. The van der Waals surface area contributed by atoms with Crippen LogP contribution < -0.4 is 10.2 Å². The van der Waals surface area contributed by atoms with Crippen molar-refractivity contribution in [2.75, 3.05) is 57.3 Å². The third-order valence-corrected chi connectivity index (χ3v) is 6.54. The summed E-state index contributed by atoms with van der Waals surface area (Å²) >= 11 is 0. The van der Waals surface area contributed by atoms with Crippen molar-refractivity contribution in [1.29, 1.82) is 0 Å². The molecule has 0 atom stereocenters. The summed E-state index contributed by atoms with van der Waals surface area (Å²) in [5.41, 5.74) is 0.726. The van der Waals surface area contributed by atoms with Gasteiger partial charge in [0.2, 0.25) is 0 Å². The first kappa shape index (κ1) is 31.6. The Bertz CT molecular complexity index is 737. The molecule has 0 saturated carbocycles. The molecular weight excluding hydrogens is 448 g/mol. The molecule has 1 aromatic rings. The van der Waals surface area contributed by atoms with Crippen LogP contribution >= 0.6 is 0 Å². The van der Waals surface area contributed by atoms with Gasteiger partial charge in [0.1, 0.15) is 0 Å². The molecule has 0 unspecified atom stereocenters. The molecule has 2 fully saturated rings. The third-order valence-electron chi connectivity index (χ3n) is 6.54. The Morgan fingerprint density at radius 1 is 1.00 bits per heavy atom. The number of hydrogen-bond acceptors (Lipinski definition) is 4. The lowest BCUT2D eigenvalue weighted by Crippen LogP contribution is -2.53. The molecule has 3 rings (SSSR count). The summed E-state index contributed by atoms with van der Waals surface area (Å²) in [5, 5.41) is 3.48. The maximum atomic E-state index is 12.9. The second kappa shape index (κ2) is 19.7. The minimum atomic E-state index is -0.474. The number of carbonyl (C=O) groups is 2. The van der Waals surface area contributed by atoms with Crippen LogP contribution in [0.3, 0.4) is 0 Å². The molecule has 0 aromatic heterocycles. The zero-order valence-corrected chi connectivity index (χ0v) is 23.1. The first-order valence-corrected chi connectivity index (χ1v) is 13.9. The van der Waals surface area contributed by atoms with E-state index in [1.807, 2.05) is 50.3 Å². The van der Waals surface area contributed by atoms with Gasteiger partial charge >= 0.3 is 11.8 Å². The molecule has 0 spiro atoms. The molecular formula is C30H50N4O2. The minimum Gasteiger partial charge on any atom is -0.332 e. The van der Waals surface area contributed by atoms with Gasteiger partial charge in [-0.2, -0.15) is 0 Å². The fourth-order valence-corrected chi connectivity index (χ4v) is 4.42.